The molecule has 1 aromatic rings. The van der Waals surface area contributed by atoms with E-state index in [1.54, 1.807) is 0 Å². The molecule has 0 unspecified atom stereocenters. The molecule has 1 aromatic carbocycles. The largest absolute Gasteiger partial charge is 0.501 e. The van der Waals surface area contributed by atoms with Gasteiger partial charge >= 0.3 is 5.51 Å². The predicted octanol–water partition coefficient (Wildman–Crippen LogP) is 3.59. The van der Waals surface area contributed by atoms with E-state index in [2.05, 4.69) is 15.9 Å². The molecule has 0 N–H and O–H groups in total. The van der Waals surface area contributed by atoms with Crippen molar-refractivity contribution >= 4 is 31.5 Å². The number of sulfone groups is 1. The number of hydrogen-bond acceptors (Lipinski definition) is 3. The average molecular weight is 374 g/mol. The summed E-state index contributed by atoms with van der Waals surface area (Å²) in [5.41, 5.74) is -4.57. The summed E-state index contributed by atoms with van der Waals surface area (Å²) in [6.07, 6.45) is 0.885. The summed E-state index contributed by atoms with van der Waals surface area (Å²) < 4.78 is 59.7. The van der Waals surface area contributed by atoms with Gasteiger partial charge in [0.25, 0.3) is 9.84 Å². The third-order valence-electron chi connectivity index (χ3n) is 2.76. The fraction of sp³-hybridized carbons (Fsp3) is 0.500. The minimum atomic E-state index is -5.27. The number of alkyl halides is 4. The third kappa shape index (κ3) is 3.88. The van der Waals surface area contributed by atoms with E-state index in [1.165, 1.54) is 12.1 Å². The third-order valence-corrected chi connectivity index (χ3v) is 4.82. The second kappa shape index (κ2) is 6.80. The van der Waals surface area contributed by atoms with E-state index in [9.17, 15) is 21.6 Å². The van der Waals surface area contributed by atoms with E-state index in [4.69, 9.17) is 0 Å². The molecule has 0 aliphatic heterocycles. The highest BCUT2D eigenvalue weighted by atomic mass is 79.9. The number of hydrogen-bond donors (Lipinski definition) is 0. The lowest BCUT2D eigenvalue weighted by molar-refractivity contribution is -0.0436. The summed E-state index contributed by atoms with van der Waals surface area (Å²) in [6, 6.07) is 4.79. The monoisotopic (exact) mass is 373 g/mol. The van der Waals surface area contributed by atoms with E-state index in [1.807, 2.05) is 11.8 Å². The smallest absolute Gasteiger partial charge is 0.372 e. The van der Waals surface area contributed by atoms with Gasteiger partial charge < -0.3 is 4.90 Å². The quantitative estimate of drug-likeness (QED) is 0.715. The van der Waals surface area contributed by atoms with Gasteiger partial charge in [0, 0.05) is 24.1 Å². The molecule has 0 heterocycles. The van der Waals surface area contributed by atoms with Gasteiger partial charge in [0.05, 0.1) is 4.90 Å². The molecule has 1 rings (SSSR count). The first-order valence-corrected chi connectivity index (χ1v) is 8.56. The molecule has 0 aliphatic rings. The Morgan fingerprint density at radius 2 is 1.75 bits per heavy atom. The molecule has 0 radical (unpaired) electrons. The fourth-order valence-corrected chi connectivity index (χ4v) is 2.70. The lowest BCUT2D eigenvalue weighted by atomic mass is 10.2. The van der Waals surface area contributed by atoms with Crippen LogP contribution in [0.15, 0.2) is 29.2 Å². The first-order valence-electron chi connectivity index (χ1n) is 5.96. The van der Waals surface area contributed by atoms with Gasteiger partial charge in [-0.1, -0.05) is 15.9 Å². The Kier molecular flexibility index (Phi) is 5.88. The van der Waals surface area contributed by atoms with Crippen molar-refractivity contribution in [3.63, 3.8) is 0 Å². The van der Waals surface area contributed by atoms with Crippen LogP contribution in [0.3, 0.4) is 0 Å². The van der Waals surface area contributed by atoms with Crippen LogP contribution in [0.2, 0.25) is 0 Å². The van der Waals surface area contributed by atoms with Crippen LogP contribution in [0.5, 0.6) is 0 Å². The Morgan fingerprint density at radius 3 is 2.15 bits per heavy atom. The number of benzene rings is 1. The van der Waals surface area contributed by atoms with Crippen LogP contribution in [0.4, 0.5) is 18.9 Å². The highest BCUT2D eigenvalue weighted by Gasteiger charge is 2.46. The van der Waals surface area contributed by atoms with Crippen LogP contribution in [0, 0.1) is 0 Å². The van der Waals surface area contributed by atoms with Crippen molar-refractivity contribution in [2.75, 3.05) is 23.3 Å². The molecule has 0 saturated heterocycles. The van der Waals surface area contributed by atoms with Crippen LogP contribution in [0.1, 0.15) is 13.3 Å². The highest BCUT2D eigenvalue weighted by Crippen LogP contribution is 2.31. The SMILES string of the molecule is CCN(CCCBr)c1ccc(S(=O)(=O)C(F)(F)F)cc1. The molecule has 3 nitrogen and oxygen atoms in total. The predicted molar refractivity (Wildman–Crippen MR) is 76.0 cm³/mol. The van der Waals surface area contributed by atoms with E-state index >= 15 is 0 Å². The average Bonchev–Trinajstić information content (AvgIpc) is 2.39. The molecule has 0 atom stereocenters. The highest BCUT2D eigenvalue weighted by molar-refractivity contribution is 9.09. The minimum absolute atomic E-state index is 0.693. The molecule has 0 amide bonds. The van der Waals surface area contributed by atoms with Crippen molar-refractivity contribution in [1.29, 1.82) is 0 Å². The van der Waals surface area contributed by atoms with Crippen LogP contribution in [-0.2, 0) is 9.84 Å². The molecule has 0 fully saturated rings. The first kappa shape index (κ1) is 17.3. The molecule has 0 aliphatic carbocycles. The van der Waals surface area contributed by atoms with Crippen molar-refractivity contribution in [3.05, 3.63) is 24.3 Å². The van der Waals surface area contributed by atoms with Crippen LogP contribution in [-0.4, -0.2) is 32.3 Å². The summed E-state index contributed by atoms with van der Waals surface area (Å²) in [7, 11) is -5.27. The summed E-state index contributed by atoms with van der Waals surface area (Å²) >= 11 is 3.31. The molecular weight excluding hydrogens is 359 g/mol. The van der Waals surface area contributed by atoms with Gasteiger partial charge in [-0.05, 0) is 37.6 Å². The van der Waals surface area contributed by atoms with Gasteiger partial charge in [0.15, 0.2) is 0 Å². The normalized spacial score (nSPS) is 12.4. The maximum absolute atomic E-state index is 12.4. The summed E-state index contributed by atoms with van der Waals surface area (Å²) in [5.74, 6) is 0. The zero-order chi connectivity index (χ0) is 15.4. The molecule has 20 heavy (non-hydrogen) atoms. The molecular formula is C12H15BrF3NO2S. The molecule has 0 spiro atoms. The van der Waals surface area contributed by atoms with Crippen LogP contribution < -0.4 is 4.90 Å². The van der Waals surface area contributed by atoms with Gasteiger partial charge in [-0.3, -0.25) is 0 Å². The number of anilines is 1. The van der Waals surface area contributed by atoms with E-state index < -0.39 is 20.2 Å². The Bertz CT molecular complexity index is 529. The second-order valence-electron chi connectivity index (χ2n) is 4.07. The first-order chi connectivity index (χ1) is 9.24. The maximum Gasteiger partial charge on any atom is 0.501 e. The molecule has 0 aromatic heterocycles. The summed E-state index contributed by atoms with van der Waals surface area (Å²) in [6.45, 7) is 3.36. The van der Waals surface area contributed by atoms with Crippen molar-refractivity contribution in [3.8, 4) is 0 Å². The zero-order valence-corrected chi connectivity index (χ0v) is 13.2. The molecule has 0 saturated carbocycles. The molecule has 114 valence electrons. The van der Waals surface area contributed by atoms with Gasteiger partial charge in [0.1, 0.15) is 0 Å². The van der Waals surface area contributed by atoms with Gasteiger partial charge in [0.2, 0.25) is 0 Å². The van der Waals surface area contributed by atoms with Crippen molar-refractivity contribution < 1.29 is 21.6 Å². The van der Waals surface area contributed by atoms with Crippen molar-refractivity contribution in [2.24, 2.45) is 0 Å². The Balaban J connectivity index is 2.99. The second-order valence-corrected chi connectivity index (χ2v) is 6.80. The van der Waals surface area contributed by atoms with E-state index in [-0.39, 0.29) is 0 Å². The minimum Gasteiger partial charge on any atom is -0.372 e. The molecule has 0 bridgehead atoms. The van der Waals surface area contributed by atoms with Crippen molar-refractivity contribution in [1.82, 2.24) is 0 Å². The topological polar surface area (TPSA) is 37.4 Å². The lowest BCUT2D eigenvalue weighted by Crippen LogP contribution is -2.25. The Hall–Kier alpha value is -0.760. The maximum atomic E-state index is 12.4. The summed E-state index contributed by atoms with van der Waals surface area (Å²) in [4.78, 5) is 1.23. The fourth-order valence-electron chi connectivity index (χ4n) is 1.69. The van der Waals surface area contributed by atoms with Gasteiger partial charge in [-0.2, -0.15) is 13.2 Å². The Labute approximate surface area is 124 Å². The van der Waals surface area contributed by atoms with Crippen LogP contribution >= 0.6 is 15.9 Å². The number of rotatable bonds is 6. The number of halogens is 4. The summed E-state index contributed by atoms with van der Waals surface area (Å²) in [5, 5.41) is 0.823. The van der Waals surface area contributed by atoms with E-state index in [0.29, 0.717) is 12.2 Å². The molecule has 8 heteroatoms. The zero-order valence-electron chi connectivity index (χ0n) is 10.8. The van der Waals surface area contributed by atoms with Gasteiger partial charge in [-0.15, -0.1) is 0 Å². The van der Waals surface area contributed by atoms with Crippen molar-refractivity contribution in [2.45, 2.75) is 23.7 Å². The van der Waals surface area contributed by atoms with E-state index in [0.717, 1.165) is 30.4 Å². The standard InChI is InChI=1S/C12H15BrF3NO2S/c1-2-17(9-3-8-13)10-4-6-11(7-5-10)20(18,19)12(14,15)16/h4-7H,2-3,8-9H2,1H3. The lowest BCUT2D eigenvalue weighted by Gasteiger charge is -2.23. The van der Waals surface area contributed by atoms with Crippen LogP contribution in [0.25, 0.3) is 0 Å². The number of nitrogens with zero attached hydrogens (tertiary/aromatic N) is 1. The Morgan fingerprint density at radius 1 is 1.20 bits per heavy atom. The van der Waals surface area contributed by atoms with Gasteiger partial charge in [-0.25, -0.2) is 8.42 Å².